The predicted molar refractivity (Wildman–Crippen MR) is 85.7 cm³/mol. The summed E-state index contributed by atoms with van der Waals surface area (Å²) >= 11 is 0. The van der Waals surface area contributed by atoms with Crippen LogP contribution in [0.2, 0.25) is 0 Å². The maximum atomic E-state index is 9.75. The Morgan fingerprint density at radius 2 is 1.68 bits per heavy atom. The summed E-state index contributed by atoms with van der Waals surface area (Å²) in [6.45, 7) is 3.00. The average molecular weight is 316 g/mol. The maximum Gasteiger partial charge on any atom is 0.111 e. The van der Waals surface area contributed by atoms with Gasteiger partial charge in [0.15, 0.2) is 0 Å². The van der Waals surface area contributed by atoms with E-state index in [1.165, 1.54) is 32.1 Å². The molecule has 0 saturated carbocycles. The van der Waals surface area contributed by atoms with Gasteiger partial charge < -0.3 is 24.8 Å². The van der Waals surface area contributed by atoms with Gasteiger partial charge >= 0.3 is 0 Å². The molecule has 1 aliphatic rings. The Morgan fingerprint density at radius 1 is 1.00 bits per heavy atom. The van der Waals surface area contributed by atoms with Gasteiger partial charge in [0.2, 0.25) is 0 Å². The molecule has 0 aromatic heterocycles. The number of hydrogen-bond donors (Lipinski definition) is 3. The van der Waals surface area contributed by atoms with E-state index >= 15 is 0 Å². The fourth-order valence-electron chi connectivity index (χ4n) is 2.55. The highest BCUT2D eigenvalue weighted by Crippen LogP contribution is 2.16. The minimum absolute atomic E-state index is 0.0411. The third-order valence-corrected chi connectivity index (χ3v) is 4.03. The molecule has 1 aliphatic heterocycles. The van der Waals surface area contributed by atoms with Crippen LogP contribution < -0.4 is 0 Å². The van der Waals surface area contributed by atoms with E-state index in [9.17, 15) is 15.3 Å². The number of hydrogen-bond acceptors (Lipinski definition) is 5. The molecule has 0 amide bonds. The Kier molecular flexibility index (Phi) is 10.7. The van der Waals surface area contributed by atoms with Crippen LogP contribution in [0, 0.1) is 0 Å². The van der Waals surface area contributed by atoms with Gasteiger partial charge in [-0.3, -0.25) is 0 Å². The van der Waals surface area contributed by atoms with Crippen LogP contribution in [0.4, 0.5) is 0 Å². The molecule has 1 heterocycles. The van der Waals surface area contributed by atoms with Crippen molar-refractivity contribution in [3.63, 3.8) is 0 Å². The van der Waals surface area contributed by atoms with E-state index in [4.69, 9.17) is 9.47 Å². The zero-order valence-corrected chi connectivity index (χ0v) is 13.7. The molecule has 130 valence electrons. The summed E-state index contributed by atoms with van der Waals surface area (Å²) in [6, 6.07) is 0. The number of aliphatic hydroxyl groups excluding tert-OH is 3. The average Bonchev–Trinajstić information content (AvgIpc) is 2.52. The van der Waals surface area contributed by atoms with E-state index in [-0.39, 0.29) is 13.2 Å². The molecule has 0 aliphatic carbocycles. The summed E-state index contributed by atoms with van der Waals surface area (Å²) in [6.07, 6.45) is 8.91. The maximum absolute atomic E-state index is 9.75. The second kappa shape index (κ2) is 12.0. The van der Waals surface area contributed by atoms with Crippen LogP contribution in [-0.2, 0) is 9.47 Å². The summed E-state index contributed by atoms with van der Waals surface area (Å²) in [5, 5.41) is 28.6. The quantitative estimate of drug-likeness (QED) is 0.400. The molecule has 22 heavy (non-hydrogen) atoms. The lowest BCUT2D eigenvalue weighted by Crippen LogP contribution is -2.54. The lowest BCUT2D eigenvalue weighted by Gasteiger charge is -2.35. The van der Waals surface area contributed by atoms with Gasteiger partial charge in [-0.15, -0.1) is 0 Å². The van der Waals surface area contributed by atoms with Gasteiger partial charge in [0, 0.05) is 6.61 Å². The first-order valence-electron chi connectivity index (χ1n) is 8.51. The van der Waals surface area contributed by atoms with Crippen LogP contribution in [0.15, 0.2) is 12.2 Å². The van der Waals surface area contributed by atoms with Gasteiger partial charge in [0.1, 0.15) is 24.4 Å². The number of unbranched alkanes of at least 4 members (excludes halogenated alkanes) is 6. The number of ether oxygens (including phenoxy) is 2. The lowest BCUT2D eigenvalue weighted by molar-refractivity contribution is -0.199. The normalized spacial score (nSPS) is 29.3. The third kappa shape index (κ3) is 7.70. The molecule has 0 bridgehead atoms. The SMILES string of the molecule is C/C=C/CCCCCCCCOC[C@H]1OC[C@H](O)[C@@H](O)[C@@H]1O. The molecule has 0 spiro atoms. The highest BCUT2D eigenvalue weighted by molar-refractivity contribution is 4.86. The molecule has 4 atom stereocenters. The van der Waals surface area contributed by atoms with E-state index in [0.717, 1.165) is 12.8 Å². The molecule has 0 aromatic carbocycles. The molecule has 0 unspecified atom stereocenters. The Hall–Kier alpha value is -0.460. The highest BCUT2D eigenvalue weighted by Gasteiger charge is 2.37. The van der Waals surface area contributed by atoms with Crippen molar-refractivity contribution in [2.75, 3.05) is 19.8 Å². The van der Waals surface area contributed by atoms with Gasteiger partial charge in [0.25, 0.3) is 0 Å². The molecule has 0 aromatic rings. The van der Waals surface area contributed by atoms with Gasteiger partial charge in [-0.25, -0.2) is 0 Å². The van der Waals surface area contributed by atoms with E-state index in [2.05, 4.69) is 19.1 Å². The molecule has 5 nitrogen and oxygen atoms in total. The zero-order chi connectivity index (χ0) is 16.2. The summed E-state index contributed by atoms with van der Waals surface area (Å²) in [7, 11) is 0. The molecule has 0 radical (unpaired) electrons. The van der Waals surface area contributed by atoms with Gasteiger partial charge in [-0.05, 0) is 26.2 Å². The lowest BCUT2D eigenvalue weighted by atomic mass is 10.0. The molecule has 3 N–H and O–H groups in total. The fourth-order valence-corrected chi connectivity index (χ4v) is 2.55. The monoisotopic (exact) mass is 316 g/mol. The molecule has 5 heteroatoms. The molecule has 1 rings (SSSR count). The molecular formula is C17H32O5. The largest absolute Gasteiger partial charge is 0.388 e. The third-order valence-electron chi connectivity index (χ3n) is 4.03. The number of allylic oxidation sites excluding steroid dienone is 2. The van der Waals surface area contributed by atoms with Gasteiger partial charge in [0.05, 0.1) is 13.2 Å². The Bertz CT molecular complexity index is 295. The minimum Gasteiger partial charge on any atom is -0.388 e. The van der Waals surface area contributed by atoms with Crippen LogP contribution in [0.25, 0.3) is 0 Å². The summed E-state index contributed by atoms with van der Waals surface area (Å²) in [5.41, 5.74) is 0. The standard InChI is InChI=1S/C17H32O5/c1-2-3-4-5-6-7-8-9-10-11-21-13-15-17(20)16(19)14(18)12-22-15/h2-3,14-20H,4-13H2,1H3/b3-2+/t14-,15+,16+,17+/m0/s1. The van der Waals surface area contributed by atoms with Crippen LogP contribution in [0.5, 0.6) is 0 Å². The number of aliphatic hydroxyl groups is 3. The first kappa shape index (κ1) is 19.6. The second-order valence-corrected chi connectivity index (χ2v) is 5.97. The summed E-state index contributed by atoms with van der Waals surface area (Å²) in [4.78, 5) is 0. The van der Waals surface area contributed by atoms with Crippen molar-refractivity contribution in [1.29, 1.82) is 0 Å². The summed E-state index contributed by atoms with van der Waals surface area (Å²) in [5.74, 6) is 0. The first-order chi connectivity index (χ1) is 10.7. The smallest absolute Gasteiger partial charge is 0.111 e. The van der Waals surface area contributed by atoms with Crippen molar-refractivity contribution in [3.05, 3.63) is 12.2 Å². The van der Waals surface area contributed by atoms with Crippen LogP contribution in [0.1, 0.15) is 51.9 Å². The van der Waals surface area contributed by atoms with Crippen LogP contribution >= 0.6 is 0 Å². The van der Waals surface area contributed by atoms with Crippen LogP contribution in [-0.4, -0.2) is 59.6 Å². The number of rotatable bonds is 11. The van der Waals surface area contributed by atoms with Crippen LogP contribution in [0.3, 0.4) is 0 Å². The Labute approximate surface area is 133 Å². The van der Waals surface area contributed by atoms with Gasteiger partial charge in [-0.1, -0.05) is 37.8 Å². The van der Waals surface area contributed by atoms with Crippen molar-refractivity contribution in [1.82, 2.24) is 0 Å². The zero-order valence-electron chi connectivity index (χ0n) is 13.7. The predicted octanol–water partition coefficient (Wildman–Crippen LogP) is 1.79. The van der Waals surface area contributed by atoms with Crippen molar-refractivity contribution in [2.45, 2.75) is 76.3 Å². The molecular weight excluding hydrogens is 284 g/mol. The van der Waals surface area contributed by atoms with E-state index < -0.39 is 24.4 Å². The van der Waals surface area contributed by atoms with Crippen molar-refractivity contribution >= 4 is 0 Å². The first-order valence-corrected chi connectivity index (χ1v) is 8.51. The van der Waals surface area contributed by atoms with Crippen molar-refractivity contribution < 1.29 is 24.8 Å². The van der Waals surface area contributed by atoms with Crippen molar-refractivity contribution in [3.8, 4) is 0 Å². The van der Waals surface area contributed by atoms with Crippen molar-refractivity contribution in [2.24, 2.45) is 0 Å². The minimum atomic E-state index is -1.15. The molecule has 1 saturated heterocycles. The fraction of sp³-hybridized carbons (Fsp3) is 0.882. The second-order valence-electron chi connectivity index (χ2n) is 5.97. The van der Waals surface area contributed by atoms with Gasteiger partial charge in [-0.2, -0.15) is 0 Å². The Morgan fingerprint density at radius 3 is 2.41 bits per heavy atom. The van der Waals surface area contributed by atoms with E-state index in [1.807, 2.05) is 0 Å². The molecule has 1 fully saturated rings. The van der Waals surface area contributed by atoms with E-state index in [1.54, 1.807) is 0 Å². The van der Waals surface area contributed by atoms with E-state index in [0.29, 0.717) is 6.61 Å². The Balaban J connectivity index is 1.91. The topological polar surface area (TPSA) is 79.2 Å². The summed E-state index contributed by atoms with van der Waals surface area (Å²) < 4.78 is 10.8. The highest BCUT2D eigenvalue weighted by atomic mass is 16.6.